The average molecular weight is 391 g/mol. The van der Waals surface area contributed by atoms with Crippen LogP contribution in [0, 0.1) is 29.1 Å². The van der Waals surface area contributed by atoms with Crippen LogP contribution in [0.4, 0.5) is 0 Å². The predicted molar refractivity (Wildman–Crippen MR) is 111 cm³/mol. The molecule has 0 spiro atoms. The van der Waals surface area contributed by atoms with E-state index in [1.165, 1.54) is 5.57 Å². The van der Waals surface area contributed by atoms with Gasteiger partial charge in [-0.3, -0.25) is 4.79 Å². The Morgan fingerprint density at radius 1 is 1.21 bits per heavy atom. The SMILES string of the molecule is CCC(NC(=O)c1ccc(Cl)cc1)[C@@H]1C2=C[C@H](C(C#N)c3ccccc3)C[C@H]21. The van der Waals surface area contributed by atoms with E-state index in [1.807, 2.05) is 30.3 Å². The number of carbonyl (C=O) groups excluding carboxylic acids is 1. The van der Waals surface area contributed by atoms with Crippen LogP contribution in [0.2, 0.25) is 5.02 Å². The molecular formula is C24H23ClN2O. The van der Waals surface area contributed by atoms with E-state index in [0.29, 0.717) is 22.4 Å². The van der Waals surface area contributed by atoms with Gasteiger partial charge in [0.15, 0.2) is 0 Å². The largest absolute Gasteiger partial charge is 0.349 e. The number of allylic oxidation sites excluding steroid dienone is 1. The quantitative estimate of drug-likeness (QED) is 0.676. The molecule has 0 aliphatic heterocycles. The van der Waals surface area contributed by atoms with Gasteiger partial charge in [-0.25, -0.2) is 0 Å². The average Bonchev–Trinajstić information content (AvgIpc) is 3.20. The van der Waals surface area contributed by atoms with Crippen LogP contribution in [0.25, 0.3) is 0 Å². The lowest BCUT2D eigenvalue weighted by Gasteiger charge is -2.21. The molecule has 28 heavy (non-hydrogen) atoms. The third-order valence-corrected chi connectivity index (χ3v) is 6.34. The number of rotatable bonds is 6. The highest BCUT2D eigenvalue weighted by atomic mass is 35.5. The second-order valence-electron chi connectivity index (χ2n) is 7.71. The maximum absolute atomic E-state index is 12.6. The zero-order valence-electron chi connectivity index (χ0n) is 15.8. The van der Waals surface area contributed by atoms with Gasteiger partial charge in [-0.2, -0.15) is 5.26 Å². The number of fused-ring (bicyclic) bond motifs is 1. The van der Waals surface area contributed by atoms with Crippen LogP contribution in [-0.4, -0.2) is 11.9 Å². The van der Waals surface area contributed by atoms with E-state index in [9.17, 15) is 10.1 Å². The van der Waals surface area contributed by atoms with Gasteiger partial charge in [-0.15, -0.1) is 0 Å². The first-order valence-electron chi connectivity index (χ1n) is 9.85. The standard InChI is InChI=1S/C24H23ClN2O/c1-2-22(27-24(28)16-8-10-18(25)11-9-16)23-19-12-17(13-20(19)23)21(14-26)15-6-4-3-5-7-15/h3-12,17,20-23H,2,13H2,1H3,(H,27,28)/t17-,20+,21?,22?,23+/m0/s1. The van der Waals surface area contributed by atoms with E-state index in [-0.39, 0.29) is 23.8 Å². The van der Waals surface area contributed by atoms with Gasteiger partial charge >= 0.3 is 0 Å². The van der Waals surface area contributed by atoms with Crippen LogP contribution >= 0.6 is 11.6 Å². The molecule has 4 rings (SSSR count). The van der Waals surface area contributed by atoms with Gasteiger partial charge < -0.3 is 5.32 Å². The number of nitrogens with zero attached hydrogens (tertiary/aromatic N) is 1. The minimum absolute atomic E-state index is 0.0511. The summed E-state index contributed by atoms with van der Waals surface area (Å²) in [6.07, 6.45) is 4.19. The van der Waals surface area contributed by atoms with E-state index in [2.05, 4.69) is 24.4 Å². The molecule has 0 heterocycles. The van der Waals surface area contributed by atoms with Crippen molar-refractivity contribution < 1.29 is 4.79 Å². The van der Waals surface area contributed by atoms with Gasteiger partial charge in [0.05, 0.1) is 12.0 Å². The smallest absolute Gasteiger partial charge is 0.251 e. The minimum atomic E-state index is -0.0918. The number of halogens is 1. The van der Waals surface area contributed by atoms with Crippen LogP contribution in [0.3, 0.4) is 0 Å². The van der Waals surface area contributed by atoms with Crippen molar-refractivity contribution >= 4 is 17.5 Å². The second kappa shape index (κ2) is 7.81. The Morgan fingerprint density at radius 2 is 1.93 bits per heavy atom. The van der Waals surface area contributed by atoms with E-state index >= 15 is 0 Å². The van der Waals surface area contributed by atoms with Gasteiger partial charge in [-0.1, -0.05) is 60.5 Å². The summed E-state index contributed by atoms with van der Waals surface area (Å²) in [5.41, 5.74) is 3.14. The van der Waals surface area contributed by atoms with E-state index in [0.717, 1.165) is 18.4 Å². The Morgan fingerprint density at radius 3 is 2.50 bits per heavy atom. The fraction of sp³-hybridized carbons (Fsp3) is 0.333. The van der Waals surface area contributed by atoms with Crippen LogP contribution in [0.15, 0.2) is 66.2 Å². The van der Waals surface area contributed by atoms with Crippen molar-refractivity contribution in [1.82, 2.24) is 5.32 Å². The maximum Gasteiger partial charge on any atom is 0.251 e. The summed E-state index contributed by atoms with van der Waals surface area (Å²) < 4.78 is 0. The monoisotopic (exact) mass is 390 g/mol. The number of benzene rings is 2. The highest BCUT2D eigenvalue weighted by Crippen LogP contribution is 2.59. The molecule has 3 nitrogen and oxygen atoms in total. The molecule has 2 aliphatic rings. The van der Waals surface area contributed by atoms with Crippen LogP contribution in [0.1, 0.15) is 41.6 Å². The fourth-order valence-corrected chi connectivity index (χ4v) is 4.74. The van der Waals surface area contributed by atoms with E-state index in [1.54, 1.807) is 24.3 Å². The zero-order valence-corrected chi connectivity index (χ0v) is 16.6. The molecule has 1 amide bonds. The summed E-state index contributed by atoms with van der Waals surface area (Å²) in [7, 11) is 0. The Kier molecular flexibility index (Phi) is 5.24. The Labute approximate surface area is 171 Å². The molecule has 2 aromatic carbocycles. The number of hydrogen-bond donors (Lipinski definition) is 1. The molecule has 1 fully saturated rings. The third kappa shape index (κ3) is 3.57. The highest BCUT2D eigenvalue weighted by molar-refractivity contribution is 6.30. The summed E-state index contributed by atoms with van der Waals surface area (Å²) >= 11 is 5.91. The molecule has 4 heteroatoms. The summed E-state index contributed by atoms with van der Waals surface area (Å²) in [5.74, 6) is 1.04. The zero-order chi connectivity index (χ0) is 19.7. The fourth-order valence-electron chi connectivity index (χ4n) is 4.61. The van der Waals surface area contributed by atoms with Crippen molar-refractivity contribution in [2.45, 2.75) is 31.7 Å². The van der Waals surface area contributed by atoms with Gasteiger partial charge in [0.25, 0.3) is 5.91 Å². The van der Waals surface area contributed by atoms with E-state index < -0.39 is 0 Å². The molecule has 0 bridgehead atoms. The van der Waals surface area contributed by atoms with Gasteiger partial charge in [0.1, 0.15) is 0 Å². The van der Waals surface area contributed by atoms with Gasteiger partial charge in [-0.05, 0) is 54.5 Å². The van der Waals surface area contributed by atoms with Gasteiger partial charge in [0, 0.05) is 22.5 Å². The summed E-state index contributed by atoms with van der Waals surface area (Å²) in [6.45, 7) is 2.11. The summed E-state index contributed by atoms with van der Waals surface area (Å²) in [4.78, 5) is 12.6. The van der Waals surface area contributed by atoms with Crippen LogP contribution in [0.5, 0.6) is 0 Å². The molecule has 2 aromatic rings. The van der Waals surface area contributed by atoms with Crippen molar-refractivity contribution in [2.24, 2.45) is 17.8 Å². The molecule has 0 radical (unpaired) electrons. The van der Waals surface area contributed by atoms with Crippen LogP contribution < -0.4 is 5.32 Å². The van der Waals surface area contributed by atoms with Crippen molar-refractivity contribution in [3.63, 3.8) is 0 Å². The number of nitriles is 1. The number of nitrogens with one attached hydrogen (secondary N) is 1. The Balaban J connectivity index is 1.43. The third-order valence-electron chi connectivity index (χ3n) is 6.09. The second-order valence-corrected chi connectivity index (χ2v) is 8.15. The molecule has 1 saturated carbocycles. The van der Waals surface area contributed by atoms with Crippen LogP contribution in [-0.2, 0) is 0 Å². The summed E-state index contributed by atoms with van der Waals surface area (Å²) in [6, 6.07) is 19.6. The Hall–Kier alpha value is -2.57. The first-order valence-corrected chi connectivity index (χ1v) is 10.2. The van der Waals surface area contributed by atoms with E-state index in [4.69, 9.17) is 11.6 Å². The molecule has 0 saturated heterocycles. The molecule has 2 aliphatic carbocycles. The molecule has 2 unspecified atom stereocenters. The van der Waals surface area contributed by atoms with Crippen molar-refractivity contribution in [2.75, 3.05) is 0 Å². The lowest BCUT2D eigenvalue weighted by molar-refractivity contribution is 0.0929. The number of carbonyl (C=O) groups is 1. The lowest BCUT2D eigenvalue weighted by Crippen LogP contribution is -2.37. The normalized spacial score (nSPS) is 24.5. The number of amides is 1. The first kappa shape index (κ1) is 18.8. The topological polar surface area (TPSA) is 52.9 Å². The lowest BCUT2D eigenvalue weighted by atomic mass is 9.84. The highest BCUT2D eigenvalue weighted by Gasteiger charge is 2.53. The van der Waals surface area contributed by atoms with Crippen molar-refractivity contribution in [3.8, 4) is 6.07 Å². The predicted octanol–water partition coefficient (Wildman–Crippen LogP) is 5.35. The molecule has 5 atom stereocenters. The minimum Gasteiger partial charge on any atom is -0.349 e. The van der Waals surface area contributed by atoms with Crippen molar-refractivity contribution in [1.29, 1.82) is 5.26 Å². The first-order chi connectivity index (χ1) is 13.6. The molecule has 0 aromatic heterocycles. The molecule has 142 valence electrons. The number of hydrogen-bond acceptors (Lipinski definition) is 2. The molecule has 1 N–H and O–H groups in total. The summed E-state index contributed by atoms with van der Waals surface area (Å²) in [5, 5.41) is 13.5. The van der Waals surface area contributed by atoms with Crippen molar-refractivity contribution in [3.05, 3.63) is 82.4 Å². The molecular weight excluding hydrogens is 368 g/mol. The van der Waals surface area contributed by atoms with Gasteiger partial charge in [0.2, 0.25) is 0 Å². The maximum atomic E-state index is 12.6. The Bertz CT molecular complexity index is 929.